The summed E-state index contributed by atoms with van der Waals surface area (Å²) in [4.78, 5) is 10.4. The first-order valence-electron chi connectivity index (χ1n) is 5.14. The maximum absolute atomic E-state index is 13.6. The van der Waals surface area contributed by atoms with Gasteiger partial charge >= 0.3 is 5.97 Å². The number of aryl methyl sites for hydroxylation is 1. The summed E-state index contributed by atoms with van der Waals surface area (Å²) in [6.45, 7) is 0. The van der Waals surface area contributed by atoms with Crippen LogP contribution in [0.4, 0.5) is 4.39 Å². The van der Waals surface area contributed by atoms with E-state index in [9.17, 15) is 9.18 Å². The van der Waals surface area contributed by atoms with E-state index in [1.54, 1.807) is 12.1 Å². The summed E-state index contributed by atoms with van der Waals surface area (Å²) < 4.78 is 15.6. The normalized spacial score (nSPS) is 10.6. The molecular formula is C11H9BrFN3O2. The Hall–Kier alpha value is -1.76. The minimum Gasteiger partial charge on any atom is -0.481 e. The SMILES string of the molecule is O=C(O)CCc1cn(-c2cc(Br)ccc2F)nn1. The van der Waals surface area contributed by atoms with Gasteiger partial charge in [-0.2, -0.15) is 0 Å². The van der Waals surface area contributed by atoms with Gasteiger partial charge in [-0.25, -0.2) is 9.07 Å². The predicted molar refractivity (Wildman–Crippen MR) is 65.0 cm³/mol. The molecule has 0 aliphatic rings. The number of halogens is 2. The molecule has 94 valence electrons. The lowest BCUT2D eigenvalue weighted by atomic mass is 10.2. The van der Waals surface area contributed by atoms with Crippen molar-refractivity contribution >= 4 is 21.9 Å². The van der Waals surface area contributed by atoms with Crippen molar-refractivity contribution in [3.8, 4) is 5.69 Å². The molecular weight excluding hydrogens is 305 g/mol. The molecule has 0 unspecified atom stereocenters. The van der Waals surface area contributed by atoms with Crippen LogP contribution in [0.25, 0.3) is 5.69 Å². The fraction of sp³-hybridized carbons (Fsp3) is 0.182. The van der Waals surface area contributed by atoms with Crippen LogP contribution in [0.15, 0.2) is 28.9 Å². The molecule has 0 bridgehead atoms. The van der Waals surface area contributed by atoms with Crippen LogP contribution in [-0.2, 0) is 11.2 Å². The molecule has 18 heavy (non-hydrogen) atoms. The van der Waals surface area contributed by atoms with Crippen LogP contribution in [-0.4, -0.2) is 26.1 Å². The number of nitrogens with zero attached hydrogens (tertiary/aromatic N) is 3. The average molecular weight is 314 g/mol. The quantitative estimate of drug-likeness (QED) is 0.939. The zero-order valence-corrected chi connectivity index (χ0v) is 10.8. The topological polar surface area (TPSA) is 68.0 Å². The van der Waals surface area contributed by atoms with Crippen molar-refractivity contribution in [2.75, 3.05) is 0 Å². The minimum absolute atomic E-state index is 0.0281. The van der Waals surface area contributed by atoms with E-state index >= 15 is 0 Å². The van der Waals surface area contributed by atoms with E-state index in [-0.39, 0.29) is 18.5 Å². The van der Waals surface area contributed by atoms with Gasteiger partial charge in [0.15, 0.2) is 0 Å². The third-order valence-corrected chi connectivity index (χ3v) is 2.78. The minimum atomic E-state index is -0.904. The summed E-state index contributed by atoms with van der Waals surface area (Å²) >= 11 is 3.24. The number of hydrogen-bond acceptors (Lipinski definition) is 3. The van der Waals surface area contributed by atoms with Crippen molar-refractivity contribution in [2.45, 2.75) is 12.8 Å². The molecule has 1 aromatic carbocycles. The zero-order chi connectivity index (χ0) is 13.1. The van der Waals surface area contributed by atoms with Gasteiger partial charge in [0, 0.05) is 10.9 Å². The molecule has 5 nitrogen and oxygen atoms in total. The van der Waals surface area contributed by atoms with Gasteiger partial charge in [0.05, 0.1) is 18.3 Å². The van der Waals surface area contributed by atoms with Crippen LogP contribution < -0.4 is 0 Å². The lowest BCUT2D eigenvalue weighted by molar-refractivity contribution is -0.136. The lowest BCUT2D eigenvalue weighted by Gasteiger charge is -2.02. The second kappa shape index (κ2) is 5.26. The fourth-order valence-electron chi connectivity index (χ4n) is 1.43. The number of aliphatic carboxylic acids is 1. The Morgan fingerprint density at radius 3 is 3.00 bits per heavy atom. The van der Waals surface area contributed by atoms with Crippen LogP contribution in [0.1, 0.15) is 12.1 Å². The summed E-state index contributed by atoms with van der Waals surface area (Å²) in [5, 5.41) is 16.1. The van der Waals surface area contributed by atoms with Gasteiger partial charge in [-0.15, -0.1) is 5.10 Å². The molecule has 1 heterocycles. The van der Waals surface area contributed by atoms with Crippen LogP contribution >= 0.6 is 15.9 Å². The van der Waals surface area contributed by atoms with E-state index in [1.807, 2.05) is 0 Å². The molecule has 1 N–H and O–H groups in total. The molecule has 0 fully saturated rings. The van der Waals surface area contributed by atoms with Crippen LogP contribution in [0.5, 0.6) is 0 Å². The molecule has 0 saturated heterocycles. The highest BCUT2D eigenvalue weighted by molar-refractivity contribution is 9.10. The number of hydrogen-bond donors (Lipinski definition) is 1. The maximum Gasteiger partial charge on any atom is 0.303 e. The predicted octanol–water partition coefficient (Wildman–Crippen LogP) is 2.19. The van der Waals surface area contributed by atoms with E-state index in [1.165, 1.54) is 16.9 Å². The summed E-state index contributed by atoms with van der Waals surface area (Å²) in [6.07, 6.45) is 1.76. The van der Waals surface area contributed by atoms with E-state index in [2.05, 4.69) is 26.2 Å². The van der Waals surface area contributed by atoms with Crippen molar-refractivity contribution in [1.29, 1.82) is 0 Å². The number of carbonyl (C=O) groups is 1. The molecule has 0 radical (unpaired) electrons. The second-order valence-corrected chi connectivity index (χ2v) is 4.56. The largest absolute Gasteiger partial charge is 0.481 e. The van der Waals surface area contributed by atoms with Crippen LogP contribution in [0.3, 0.4) is 0 Å². The van der Waals surface area contributed by atoms with Gasteiger partial charge in [-0.3, -0.25) is 4.79 Å². The van der Waals surface area contributed by atoms with Crippen LogP contribution in [0, 0.1) is 5.82 Å². The highest BCUT2D eigenvalue weighted by Crippen LogP contribution is 2.18. The summed E-state index contributed by atoms with van der Waals surface area (Å²) in [5.74, 6) is -1.33. The van der Waals surface area contributed by atoms with Gasteiger partial charge in [0.2, 0.25) is 0 Å². The molecule has 0 spiro atoms. The highest BCUT2D eigenvalue weighted by Gasteiger charge is 2.09. The first kappa shape index (κ1) is 12.7. The van der Waals surface area contributed by atoms with Crippen molar-refractivity contribution in [2.24, 2.45) is 0 Å². The van der Waals surface area contributed by atoms with Crippen molar-refractivity contribution in [3.05, 3.63) is 40.4 Å². The van der Waals surface area contributed by atoms with Gasteiger partial charge in [-0.1, -0.05) is 21.1 Å². The Kier molecular flexibility index (Phi) is 3.71. The Morgan fingerprint density at radius 2 is 2.28 bits per heavy atom. The Balaban J connectivity index is 2.23. The maximum atomic E-state index is 13.6. The standard InChI is InChI=1S/C11H9BrFN3O2/c12-7-1-3-9(13)10(5-7)16-6-8(14-15-16)2-4-11(17)18/h1,3,5-6H,2,4H2,(H,17,18). The van der Waals surface area contributed by atoms with Gasteiger partial charge in [0.25, 0.3) is 0 Å². The van der Waals surface area contributed by atoms with Gasteiger partial charge < -0.3 is 5.11 Å². The average Bonchev–Trinajstić information content (AvgIpc) is 2.78. The Labute approximate surface area is 110 Å². The summed E-state index contributed by atoms with van der Waals surface area (Å²) in [7, 11) is 0. The third kappa shape index (κ3) is 2.92. The Bertz CT molecular complexity index is 585. The monoisotopic (exact) mass is 313 g/mol. The molecule has 2 rings (SSSR count). The van der Waals surface area contributed by atoms with E-state index in [4.69, 9.17) is 5.11 Å². The van der Waals surface area contributed by atoms with E-state index in [0.717, 1.165) is 4.47 Å². The first-order chi connectivity index (χ1) is 8.56. The number of carboxylic acids is 1. The molecule has 7 heteroatoms. The smallest absolute Gasteiger partial charge is 0.303 e. The fourth-order valence-corrected chi connectivity index (χ4v) is 1.78. The number of rotatable bonds is 4. The van der Waals surface area contributed by atoms with Gasteiger partial charge in [0.1, 0.15) is 11.5 Å². The molecule has 0 aliphatic heterocycles. The van der Waals surface area contributed by atoms with Gasteiger partial charge in [-0.05, 0) is 18.2 Å². The molecule has 0 aliphatic carbocycles. The lowest BCUT2D eigenvalue weighted by Crippen LogP contribution is -1.98. The van der Waals surface area contributed by atoms with E-state index < -0.39 is 11.8 Å². The summed E-state index contributed by atoms with van der Waals surface area (Å²) in [6, 6.07) is 4.48. The van der Waals surface area contributed by atoms with Crippen molar-refractivity contribution in [1.82, 2.24) is 15.0 Å². The first-order valence-corrected chi connectivity index (χ1v) is 5.94. The summed E-state index contributed by atoms with van der Waals surface area (Å²) in [5.41, 5.74) is 0.773. The van der Waals surface area contributed by atoms with Crippen molar-refractivity contribution < 1.29 is 14.3 Å². The molecule has 1 aromatic heterocycles. The second-order valence-electron chi connectivity index (χ2n) is 3.64. The van der Waals surface area contributed by atoms with E-state index in [0.29, 0.717) is 5.69 Å². The van der Waals surface area contributed by atoms with Crippen LogP contribution in [0.2, 0.25) is 0 Å². The number of benzene rings is 1. The molecule has 0 saturated carbocycles. The third-order valence-electron chi connectivity index (χ3n) is 2.29. The number of carboxylic acid groups (broad SMARTS) is 1. The molecule has 0 atom stereocenters. The molecule has 2 aromatic rings. The Morgan fingerprint density at radius 1 is 1.50 bits per heavy atom. The highest BCUT2D eigenvalue weighted by atomic mass is 79.9. The zero-order valence-electron chi connectivity index (χ0n) is 9.18. The van der Waals surface area contributed by atoms with Crippen molar-refractivity contribution in [3.63, 3.8) is 0 Å². The number of aromatic nitrogens is 3. The molecule has 0 amide bonds.